The predicted molar refractivity (Wildman–Crippen MR) is 64.2 cm³/mol. The molecule has 0 aliphatic carbocycles. The fraction of sp³-hybridized carbons (Fsp3) is 0.167. The molecule has 1 aromatic carbocycles. The zero-order valence-electron chi connectivity index (χ0n) is 8.81. The van der Waals surface area contributed by atoms with Crippen LogP contribution in [0.15, 0.2) is 29.5 Å². The van der Waals surface area contributed by atoms with Crippen molar-refractivity contribution in [2.24, 2.45) is 5.10 Å². The van der Waals surface area contributed by atoms with Crippen molar-refractivity contribution in [3.05, 3.63) is 52.1 Å². The minimum absolute atomic E-state index is 0.737. The highest BCUT2D eigenvalue weighted by atomic mass is 35.5. The summed E-state index contributed by atoms with van der Waals surface area (Å²) in [5.74, 6) is 0.967. The van der Waals surface area contributed by atoms with Crippen molar-refractivity contribution < 1.29 is 0 Å². The molecular formula is C12H10ClN3. The van der Waals surface area contributed by atoms with Crippen molar-refractivity contribution in [3.63, 3.8) is 0 Å². The fourth-order valence-corrected chi connectivity index (χ4v) is 2.08. The zero-order chi connectivity index (χ0) is 11.1. The molecule has 0 amide bonds. The van der Waals surface area contributed by atoms with Gasteiger partial charge in [-0.15, -0.1) is 0 Å². The van der Waals surface area contributed by atoms with Gasteiger partial charge >= 0.3 is 0 Å². The number of rotatable bonds is 0. The average molecular weight is 232 g/mol. The molecule has 0 spiro atoms. The zero-order valence-corrected chi connectivity index (χ0v) is 9.57. The predicted octanol–water partition coefficient (Wildman–Crippen LogP) is 2.63. The Kier molecular flexibility index (Phi) is 2.07. The number of aromatic nitrogens is 2. The molecule has 2 aromatic rings. The summed E-state index contributed by atoms with van der Waals surface area (Å²) in [5.41, 5.74) is 3.26. The van der Waals surface area contributed by atoms with Crippen molar-refractivity contribution in [3.8, 4) is 0 Å². The monoisotopic (exact) mass is 231 g/mol. The van der Waals surface area contributed by atoms with Crippen LogP contribution in [0.25, 0.3) is 0 Å². The van der Waals surface area contributed by atoms with Crippen LogP contribution in [0.1, 0.15) is 22.6 Å². The van der Waals surface area contributed by atoms with Crippen molar-refractivity contribution >= 4 is 17.8 Å². The number of hydrogen-bond acceptors (Lipinski definition) is 2. The van der Waals surface area contributed by atoms with Gasteiger partial charge in [-0.05, 0) is 30.2 Å². The molecule has 0 N–H and O–H groups in total. The van der Waals surface area contributed by atoms with E-state index in [0.717, 1.165) is 28.5 Å². The van der Waals surface area contributed by atoms with Crippen LogP contribution in [0.3, 0.4) is 0 Å². The SMILES string of the molecule is Cc1cn2c(n1)Cc1ccc(Cl)cc1C=N2. The third-order valence-electron chi connectivity index (χ3n) is 2.66. The molecule has 0 bridgehead atoms. The van der Waals surface area contributed by atoms with Crippen molar-refractivity contribution in [2.45, 2.75) is 13.3 Å². The molecular weight excluding hydrogens is 222 g/mol. The normalized spacial score (nSPS) is 13.1. The molecule has 16 heavy (non-hydrogen) atoms. The lowest BCUT2D eigenvalue weighted by molar-refractivity contribution is 0.808. The first-order valence-electron chi connectivity index (χ1n) is 5.10. The van der Waals surface area contributed by atoms with Crippen LogP contribution < -0.4 is 0 Å². The third kappa shape index (κ3) is 1.53. The van der Waals surface area contributed by atoms with Gasteiger partial charge in [0.15, 0.2) is 0 Å². The van der Waals surface area contributed by atoms with Crippen LogP contribution in [0.4, 0.5) is 0 Å². The highest BCUT2D eigenvalue weighted by Gasteiger charge is 2.12. The number of benzene rings is 1. The van der Waals surface area contributed by atoms with Crippen LogP contribution in [0, 0.1) is 6.92 Å². The molecule has 0 saturated carbocycles. The van der Waals surface area contributed by atoms with Crippen LogP contribution in [0.5, 0.6) is 0 Å². The van der Waals surface area contributed by atoms with Crippen LogP contribution >= 0.6 is 11.6 Å². The van der Waals surface area contributed by atoms with Gasteiger partial charge in [0.05, 0.1) is 18.1 Å². The van der Waals surface area contributed by atoms with Crippen LogP contribution in [-0.4, -0.2) is 15.9 Å². The summed E-state index contributed by atoms with van der Waals surface area (Å²) in [6.45, 7) is 1.97. The number of hydrogen-bond donors (Lipinski definition) is 0. The second-order valence-electron chi connectivity index (χ2n) is 3.91. The van der Waals surface area contributed by atoms with Crippen molar-refractivity contribution in [1.29, 1.82) is 0 Å². The number of halogens is 1. The third-order valence-corrected chi connectivity index (χ3v) is 2.89. The Morgan fingerprint density at radius 1 is 1.38 bits per heavy atom. The lowest BCUT2D eigenvalue weighted by Gasteiger charge is -2.02. The molecule has 80 valence electrons. The van der Waals surface area contributed by atoms with Crippen molar-refractivity contribution in [1.82, 2.24) is 9.66 Å². The lowest BCUT2D eigenvalue weighted by atomic mass is 10.1. The molecule has 0 fully saturated rings. The van der Waals surface area contributed by atoms with E-state index in [1.165, 1.54) is 5.56 Å². The first kappa shape index (κ1) is 9.60. The summed E-state index contributed by atoms with van der Waals surface area (Å²) < 4.78 is 1.82. The second-order valence-corrected chi connectivity index (χ2v) is 4.34. The van der Waals surface area contributed by atoms with Gasteiger partial charge in [-0.2, -0.15) is 5.10 Å². The molecule has 4 heteroatoms. The van der Waals surface area contributed by atoms with Crippen LogP contribution in [-0.2, 0) is 6.42 Å². The van der Waals surface area contributed by atoms with E-state index in [1.54, 1.807) is 0 Å². The Hall–Kier alpha value is -1.61. The van der Waals surface area contributed by atoms with E-state index in [-0.39, 0.29) is 0 Å². The highest BCUT2D eigenvalue weighted by Crippen LogP contribution is 2.20. The summed E-state index contributed by atoms with van der Waals surface area (Å²) in [6.07, 6.45) is 4.55. The Labute approximate surface area is 98.4 Å². The number of aryl methyl sites for hydroxylation is 1. The van der Waals surface area contributed by atoms with Gasteiger partial charge in [-0.25, -0.2) is 9.66 Å². The first-order valence-corrected chi connectivity index (χ1v) is 5.48. The van der Waals surface area contributed by atoms with Crippen LogP contribution in [0.2, 0.25) is 5.02 Å². The maximum Gasteiger partial charge on any atom is 0.134 e. The Bertz CT molecular complexity index is 584. The summed E-state index contributed by atoms with van der Waals surface area (Å²) in [4.78, 5) is 4.45. The maximum atomic E-state index is 5.96. The van der Waals surface area contributed by atoms with E-state index >= 15 is 0 Å². The second kappa shape index (κ2) is 3.46. The maximum absolute atomic E-state index is 5.96. The van der Waals surface area contributed by atoms with Gasteiger partial charge in [-0.1, -0.05) is 17.7 Å². The van der Waals surface area contributed by atoms with Gasteiger partial charge in [-0.3, -0.25) is 0 Å². The molecule has 0 atom stereocenters. The fourth-order valence-electron chi connectivity index (χ4n) is 1.90. The van der Waals surface area contributed by atoms with E-state index in [1.807, 2.05) is 42.2 Å². The number of fused-ring (bicyclic) bond motifs is 2. The molecule has 3 rings (SSSR count). The van der Waals surface area contributed by atoms with Gasteiger partial charge in [0.25, 0.3) is 0 Å². The average Bonchev–Trinajstić information content (AvgIpc) is 2.51. The molecule has 0 unspecified atom stereocenters. The van der Waals surface area contributed by atoms with Gasteiger partial charge in [0.1, 0.15) is 5.82 Å². The highest BCUT2D eigenvalue weighted by molar-refractivity contribution is 6.30. The molecule has 0 saturated heterocycles. The molecule has 1 aliphatic heterocycles. The molecule has 0 radical (unpaired) electrons. The molecule has 1 aliphatic rings. The van der Waals surface area contributed by atoms with Crippen molar-refractivity contribution in [2.75, 3.05) is 0 Å². The summed E-state index contributed by atoms with van der Waals surface area (Å²) in [7, 11) is 0. The van der Waals surface area contributed by atoms with E-state index in [9.17, 15) is 0 Å². The largest absolute Gasteiger partial charge is 0.236 e. The first-order chi connectivity index (χ1) is 7.72. The minimum atomic E-state index is 0.737. The topological polar surface area (TPSA) is 30.2 Å². The molecule has 1 aromatic heterocycles. The lowest BCUT2D eigenvalue weighted by Crippen LogP contribution is -1.96. The van der Waals surface area contributed by atoms with Gasteiger partial charge in [0, 0.05) is 11.4 Å². The number of nitrogens with zero attached hydrogens (tertiary/aromatic N) is 3. The summed E-state index contributed by atoms with van der Waals surface area (Å²) in [6, 6.07) is 5.86. The van der Waals surface area contributed by atoms with E-state index < -0.39 is 0 Å². The van der Waals surface area contributed by atoms with E-state index in [4.69, 9.17) is 11.6 Å². The molecule has 2 heterocycles. The quantitative estimate of drug-likeness (QED) is 0.585. The Morgan fingerprint density at radius 3 is 3.12 bits per heavy atom. The minimum Gasteiger partial charge on any atom is -0.236 e. The number of imidazole rings is 1. The smallest absolute Gasteiger partial charge is 0.134 e. The van der Waals surface area contributed by atoms with Gasteiger partial charge < -0.3 is 0 Å². The Balaban J connectivity index is 2.15. The van der Waals surface area contributed by atoms with Gasteiger partial charge in [0.2, 0.25) is 0 Å². The molecule has 3 nitrogen and oxygen atoms in total. The summed E-state index contributed by atoms with van der Waals surface area (Å²) >= 11 is 5.96. The standard InChI is InChI=1S/C12H10ClN3/c1-8-7-16-12(15-8)5-9-2-3-11(13)4-10(9)6-14-16/h2-4,6-7H,5H2,1H3. The van der Waals surface area contributed by atoms with E-state index in [0.29, 0.717) is 0 Å². The summed E-state index contributed by atoms with van der Waals surface area (Å²) in [5, 5.41) is 5.10. The van der Waals surface area contributed by atoms with E-state index in [2.05, 4.69) is 10.1 Å². The Morgan fingerprint density at radius 2 is 2.25 bits per heavy atom.